The first-order chi connectivity index (χ1) is 9.29. The molecular weight excluding hydrogens is 279 g/mol. The van der Waals surface area contributed by atoms with E-state index in [1.165, 1.54) is 0 Å². The van der Waals surface area contributed by atoms with Crippen LogP contribution in [-0.2, 0) is 6.18 Å². The molecule has 0 aliphatic heterocycles. The summed E-state index contributed by atoms with van der Waals surface area (Å²) in [5.41, 5.74) is -1.80. The van der Waals surface area contributed by atoms with E-state index in [2.05, 4.69) is 0 Å². The Labute approximate surface area is 110 Å². The molecule has 1 nitrogen and oxygen atoms in total. The van der Waals surface area contributed by atoms with Crippen molar-refractivity contribution in [2.24, 2.45) is 0 Å². The number of hydrogen-bond donors (Lipinski definition) is 0. The molecule has 0 spiro atoms. The molecule has 2 rings (SSSR count). The molecule has 20 heavy (non-hydrogen) atoms. The lowest BCUT2D eigenvalue weighted by molar-refractivity contribution is -0.140. The zero-order valence-corrected chi connectivity index (χ0v) is 9.84. The highest BCUT2D eigenvalue weighted by Crippen LogP contribution is 2.32. The van der Waals surface area contributed by atoms with Gasteiger partial charge in [-0.3, -0.25) is 4.79 Å². The van der Waals surface area contributed by atoms with Crippen LogP contribution in [-0.4, -0.2) is 5.78 Å². The third-order valence-corrected chi connectivity index (χ3v) is 2.64. The zero-order chi connectivity index (χ0) is 14.9. The molecule has 2 aromatic rings. The van der Waals surface area contributed by atoms with Crippen molar-refractivity contribution in [3.63, 3.8) is 0 Å². The minimum Gasteiger partial charge on any atom is -0.289 e. The maximum absolute atomic E-state index is 13.1. The van der Waals surface area contributed by atoms with Gasteiger partial charge in [0.1, 0.15) is 11.6 Å². The van der Waals surface area contributed by atoms with E-state index in [1.54, 1.807) is 0 Å². The molecule has 6 heteroatoms. The number of carbonyl (C=O) groups is 1. The minimum absolute atomic E-state index is 0.0196. The molecule has 0 heterocycles. The summed E-state index contributed by atoms with van der Waals surface area (Å²) in [6.07, 6.45) is -4.89. The Balaban J connectivity index is 2.43. The van der Waals surface area contributed by atoms with Gasteiger partial charge in [-0.15, -0.1) is 0 Å². The van der Waals surface area contributed by atoms with Gasteiger partial charge in [-0.2, -0.15) is 13.2 Å². The molecule has 0 fully saturated rings. The predicted octanol–water partition coefficient (Wildman–Crippen LogP) is 4.21. The highest BCUT2D eigenvalue weighted by Gasteiger charge is 2.34. The molecule has 0 aliphatic rings. The summed E-state index contributed by atoms with van der Waals surface area (Å²) in [6, 6.07) is 6.31. The first-order valence-corrected chi connectivity index (χ1v) is 5.46. The van der Waals surface area contributed by atoms with Crippen molar-refractivity contribution in [1.82, 2.24) is 0 Å². The molecule has 0 unspecified atom stereocenters. The van der Waals surface area contributed by atoms with Gasteiger partial charge >= 0.3 is 6.18 Å². The first-order valence-electron chi connectivity index (χ1n) is 5.46. The number of hydrogen-bond acceptors (Lipinski definition) is 1. The standard InChI is InChI=1S/C14H7F5O/c15-10-4-1-8(2-5-10)13(20)9-3-6-12(16)11(7-9)14(17,18)19/h1-7H. The van der Waals surface area contributed by atoms with Crippen LogP contribution >= 0.6 is 0 Å². The average Bonchev–Trinajstić information content (AvgIpc) is 2.38. The molecule has 2 aromatic carbocycles. The third kappa shape index (κ3) is 2.84. The summed E-state index contributed by atoms with van der Waals surface area (Å²) < 4.78 is 63.5. The van der Waals surface area contributed by atoms with E-state index in [-0.39, 0.29) is 11.1 Å². The Hall–Kier alpha value is -2.24. The molecule has 0 radical (unpaired) electrons. The smallest absolute Gasteiger partial charge is 0.289 e. The van der Waals surface area contributed by atoms with Gasteiger partial charge in [0.25, 0.3) is 0 Å². The summed E-state index contributed by atoms with van der Waals surface area (Å²) in [4.78, 5) is 11.9. The minimum atomic E-state index is -4.89. The molecule has 0 aliphatic carbocycles. The molecule has 0 N–H and O–H groups in total. The fourth-order valence-electron chi connectivity index (χ4n) is 1.65. The van der Waals surface area contributed by atoms with E-state index >= 15 is 0 Å². The SMILES string of the molecule is O=C(c1ccc(F)cc1)c1ccc(F)c(C(F)(F)F)c1. The maximum atomic E-state index is 13.1. The van der Waals surface area contributed by atoms with Crippen molar-refractivity contribution in [2.75, 3.05) is 0 Å². The van der Waals surface area contributed by atoms with Crippen molar-refractivity contribution in [1.29, 1.82) is 0 Å². The van der Waals surface area contributed by atoms with Crippen LogP contribution in [0.2, 0.25) is 0 Å². The second kappa shape index (κ2) is 5.03. The average molecular weight is 286 g/mol. The van der Waals surface area contributed by atoms with Crippen LogP contribution in [0.25, 0.3) is 0 Å². The topological polar surface area (TPSA) is 17.1 Å². The fraction of sp³-hybridized carbons (Fsp3) is 0.0714. The molecular formula is C14H7F5O. The molecule has 104 valence electrons. The van der Waals surface area contributed by atoms with Gasteiger partial charge in [0, 0.05) is 11.1 Å². The van der Waals surface area contributed by atoms with Crippen LogP contribution in [0.15, 0.2) is 42.5 Å². The second-order valence-electron chi connectivity index (χ2n) is 4.03. The zero-order valence-electron chi connectivity index (χ0n) is 9.84. The van der Waals surface area contributed by atoms with Crippen LogP contribution in [0.1, 0.15) is 21.5 Å². The van der Waals surface area contributed by atoms with Crippen molar-refractivity contribution in [3.05, 3.63) is 70.8 Å². The van der Waals surface area contributed by atoms with E-state index in [4.69, 9.17) is 0 Å². The van der Waals surface area contributed by atoms with Crippen molar-refractivity contribution in [2.45, 2.75) is 6.18 Å². The molecule has 0 aromatic heterocycles. The lowest BCUT2D eigenvalue weighted by atomic mass is 10.0. The van der Waals surface area contributed by atoms with E-state index < -0.39 is 29.2 Å². The third-order valence-electron chi connectivity index (χ3n) is 2.64. The van der Waals surface area contributed by atoms with Crippen LogP contribution in [0.4, 0.5) is 22.0 Å². The monoisotopic (exact) mass is 286 g/mol. The van der Waals surface area contributed by atoms with E-state index in [9.17, 15) is 26.7 Å². The van der Waals surface area contributed by atoms with Gasteiger partial charge in [0.05, 0.1) is 5.56 Å². The molecule has 0 amide bonds. The normalized spacial score (nSPS) is 11.4. The molecule has 0 atom stereocenters. The largest absolute Gasteiger partial charge is 0.419 e. The summed E-state index contributed by atoms with van der Waals surface area (Å²) in [6.45, 7) is 0. The Kier molecular flexibility index (Phi) is 3.57. The summed E-state index contributed by atoms with van der Waals surface area (Å²) in [5.74, 6) is -2.76. The number of halogens is 5. The second-order valence-corrected chi connectivity index (χ2v) is 4.03. The summed E-state index contributed by atoms with van der Waals surface area (Å²) >= 11 is 0. The maximum Gasteiger partial charge on any atom is 0.419 e. The quantitative estimate of drug-likeness (QED) is 0.597. The van der Waals surface area contributed by atoms with Crippen LogP contribution in [0.5, 0.6) is 0 Å². The summed E-state index contributed by atoms with van der Waals surface area (Å²) in [7, 11) is 0. The van der Waals surface area contributed by atoms with Crippen LogP contribution in [0.3, 0.4) is 0 Å². The Morgan fingerprint density at radius 1 is 0.850 bits per heavy atom. The Bertz CT molecular complexity index is 644. The summed E-state index contributed by atoms with van der Waals surface area (Å²) in [5, 5.41) is 0. The number of rotatable bonds is 2. The van der Waals surface area contributed by atoms with Crippen molar-refractivity contribution in [3.8, 4) is 0 Å². The van der Waals surface area contributed by atoms with Crippen LogP contribution < -0.4 is 0 Å². The lowest BCUT2D eigenvalue weighted by Gasteiger charge is -2.09. The number of carbonyl (C=O) groups excluding carboxylic acids is 1. The fourth-order valence-corrected chi connectivity index (χ4v) is 1.65. The highest BCUT2D eigenvalue weighted by atomic mass is 19.4. The van der Waals surface area contributed by atoms with Gasteiger partial charge in [0.15, 0.2) is 5.78 Å². The number of alkyl halides is 3. The number of ketones is 1. The van der Waals surface area contributed by atoms with Gasteiger partial charge in [-0.05, 0) is 42.5 Å². The van der Waals surface area contributed by atoms with E-state index in [1.807, 2.05) is 0 Å². The van der Waals surface area contributed by atoms with Gasteiger partial charge < -0.3 is 0 Å². The van der Waals surface area contributed by atoms with Crippen molar-refractivity contribution >= 4 is 5.78 Å². The Morgan fingerprint density at radius 3 is 1.95 bits per heavy atom. The van der Waals surface area contributed by atoms with Crippen molar-refractivity contribution < 1.29 is 26.7 Å². The lowest BCUT2D eigenvalue weighted by Crippen LogP contribution is -2.11. The van der Waals surface area contributed by atoms with Gasteiger partial charge in [-0.25, -0.2) is 8.78 Å². The van der Waals surface area contributed by atoms with Gasteiger partial charge in [-0.1, -0.05) is 0 Å². The number of benzene rings is 2. The predicted molar refractivity (Wildman–Crippen MR) is 61.2 cm³/mol. The molecule has 0 saturated carbocycles. The Morgan fingerprint density at radius 2 is 1.40 bits per heavy atom. The highest BCUT2D eigenvalue weighted by molar-refractivity contribution is 6.09. The molecule has 0 saturated heterocycles. The van der Waals surface area contributed by atoms with E-state index in [0.29, 0.717) is 12.1 Å². The molecule has 0 bridgehead atoms. The van der Waals surface area contributed by atoms with Crippen LogP contribution in [0, 0.1) is 11.6 Å². The van der Waals surface area contributed by atoms with Gasteiger partial charge in [0.2, 0.25) is 0 Å². The first kappa shape index (κ1) is 14.2. The van der Waals surface area contributed by atoms with E-state index in [0.717, 1.165) is 30.3 Å².